The quantitative estimate of drug-likeness (QED) is 0.688. The lowest BCUT2D eigenvalue weighted by Gasteiger charge is -2.13. The molecule has 0 heterocycles. The lowest BCUT2D eigenvalue weighted by Crippen LogP contribution is -2.44. The smallest absolute Gasteiger partial charge is 0.326 e. The summed E-state index contributed by atoms with van der Waals surface area (Å²) in [5.41, 5.74) is 0. The number of ether oxygens (including phenoxy) is 1. The van der Waals surface area contributed by atoms with Crippen LogP contribution in [0.1, 0.15) is 6.42 Å². The van der Waals surface area contributed by atoms with Crippen molar-refractivity contribution in [2.45, 2.75) is 12.5 Å². The molecule has 114 valence electrons. The monoisotopic (exact) mass is 319 g/mol. The molecule has 0 radical (unpaired) electrons. The van der Waals surface area contributed by atoms with Crippen molar-refractivity contribution in [1.29, 1.82) is 0 Å². The van der Waals surface area contributed by atoms with E-state index in [4.69, 9.17) is 26.6 Å². The number of hydrogen-bond acceptors (Lipinski definition) is 4. The number of halogens is 2. The second-order valence-corrected chi connectivity index (χ2v) is 4.33. The third-order valence-corrected chi connectivity index (χ3v) is 2.56. The molecule has 0 fully saturated rings. The largest absolute Gasteiger partial charge is 0.482 e. The summed E-state index contributed by atoms with van der Waals surface area (Å²) in [6.07, 6.45) is -0.765. The third kappa shape index (κ3) is 5.65. The van der Waals surface area contributed by atoms with Crippen LogP contribution in [0.4, 0.5) is 4.39 Å². The fraction of sp³-hybridized carbons (Fsp3) is 0.250. The highest BCUT2D eigenvalue weighted by atomic mass is 35.5. The van der Waals surface area contributed by atoms with E-state index >= 15 is 0 Å². The molecule has 0 aliphatic rings. The van der Waals surface area contributed by atoms with Gasteiger partial charge in [-0.2, -0.15) is 0 Å². The zero-order valence-electron chi connectivity index (χ0n) is 10.5. The highest BCUT2D eigenvalue weighted by Gasteiger charge is 2.23. The van der Waals surface area contributed by atoms with Gasteiger partial charge in [0, 0.05) is 0 Å². The molecule has 0 aliphatic heterocycles. The lowest BCUT2D eigenvalue weighted by atomic mass is 10.2. The summed E-state index contributed by atoms with van der Waals surface area (Å²) in [5, 5.41) is 19.2. The van der Waals surface area contributed by atoms with Crippen molar-refractivity contribution in [2.75, 3.05) is 6.61 Å². The van der Waals surface area contributed by atoms with Gasteiger partial charge in [0.05, 0.1) is 11.4 Å². The molecule has 7 nitrogen and oxygen atoms in total. The number of benzene rings is 1. The summed E-state index contributed by atoms with van der Waals surface area (Å²) in [7, 11) is 0. The first-order chi connectivity index (χ1) is 9.79. The van der Waals surface area contributed by atoms with E-state index in [2.05, 4.69) is 0 Å². The van der Waals surface area contributed by atoms with Gasteiger partial charge in [-0.25, -0.2) is 9.18 Å². The van der Waals surface area contributed by atoms with Crippen molar-refractivity contribution in [2.24, 2.45) is 0 Å². The van der Waals surface area contributed by atoms with E-state index in [1.165, 1.54) is 6.07 Å². The van der Waals surface area contributed by atoms with Gasteiger partial charge < -0.3 is 20.3 Å². The SMILES string of the molecule is O=C(O)CC(NC(=O)COc1ccc(F)cc1Cl)C(=O)O. The van der Waals surface area contributed by atoms with Gasteiger partial charge >= 0.3 is 11.9 Å². The minimum Gasteiger partial charge on any atom is -0.482 e. The number of aliphatic carboxylic acids is 2. The molecule has 0 bridgehead atoms. The van der Waals surface area contributed by atoms with E-state index in [-0.39, 0.29) is 10.8 Å². The zero-order valence-corrected chi connectivity index (χ0v) is 11.3. The van der Waals surface area contributed by atoms with E-state index in [0.29, 0.717) is 0 Å². The Morgan fingerprint density at radius 2 is 2.00 bits per heavy atom. The summed E-state index contributed by atoms with van der Waals surface area (Å²) in [6, 6.07) is 1.70. The summed E-state index contributed by atoms with van der Waals surface area (Å²) in [6.45, 7) is -0.589. The topological polar surface area (TPSA) is 113 Å². The van der Waals surface area contributed by atoms with Crippen LogP contribution in [0.15, 0.2) is 18.2 Å². The van der Waals surface area contributed by atoms with Gasteiger partial charge in [0.2, 0.25) is 0 Å². The predicted octanol–water partition coefficient (Wildman–Crippen LogP) is 0.902. The van der Waals surface area contributed by atoms with E-state index in [9.17, 15) is 18.8 Å². The molecule has 9 heteroatoms. The fourth-order valence-electron chi connectivity index (χ4n) is 1.35. The molecule has 1 unspecified atom stereocenters. The van der Waals surface area contributed by atoms with Crippen molar-refractivity contribution in [1.82, 2.24) is 5.32 Å². The molecule has 3 N–H and O–H groups in total. The van der Waals surface area contributed by atoms with E-state index in [1.54, 1.807) is 0 Å². The molecule has 0 aliphatic carbocycles. The second-order valence-electron chi connectivity index (χ2n) is 3.92. The number of nitrogens with one attached hydrogen (secondary N) is 1. The molecule has 21 heavy (non-hydrogen) atoms. The lowest BCUT2D eigenvalue weighted by molar-refractivity contribution is -0.147. The summed E-state index contributed by atoms with van der Waals surface area (Å²) < 4.78 is 17.8. The van der Waals surface area contributed by atoms with Crippen molar-refractivity contribution in [3.8, 4) is 5.75 Å². The highest BCUT2D eigenvalue weighted by Crippen LogP contribution is 2.24. The Kier molecular flexibility index (Phi) is 5.92. The molecule has 1 atom stereocenters. The molecule has 0 spiro atoms. The molecular formula is C12H11ClFNO6. The summed E-state index contributed by atoms with van der Waals surface area (Å²) >= 11 is 5.67. The van der Waals surface area contributed by atoms with Crippen molar-refractivity contribution < 1.29 is 33.7 Å². The average Bonchev–Trinajstić information content (AvgIpc) is 2.36. The molecule has 0 saturated carbocycles. The number of amides is 1. The summed E-state index contributed by atoms with van der Waals surface area (Å²) in [4.78, 5) is 32.7. The third-order valence-electron chi connectivity index (χ3n) is 2.26. The fourth-order valence-corrected chi connectivity index (χ4v) is 1.57. The predicted molar refractivity (Wildman–Crippen MR) is 68.7 cm³/mol. The van der Waals surface area contributed by atoms with Gasteiger partial charge in [0.15, 0.2) is 6.61 Å². The normalized spacial score (nSPS) is 11.5. The Hall–Kier alpha value is -2.35. The Balaban J connectivity index is 2.56. The van der Waals surface area contributed by atoms with Gasteiger partial charge in [-0.3, -0.25) is 9.59 Å². The van der Waals surface area contributed by atoms with Gasteiger partial charge in [-0.05, 0) is 18.2 Å². The molecule has 0 aromatic heterocycles. The maximum atomic E-state index is 12.8. The van der Waals surface area contributed by atoms with Crippen LogP contribution in [0.2, 0.25) is 5.02 Å². The Morgan fingerprint density at radius 3 is 2.52 bits per heavy atom. The number of rotatable bonds is 7. The maximum absolute atomic E-state index is 12.8. The van der Waals surface area contributed by atoms with Crippen LogP contribution in [-0.2, 0) is 14.4 Å². The van der Waals surface area contributed by atoms with Crippen molar-refractivity contribution in [3.05, 3.63) is 29.0 Å². The van der Waals surface area contributed by atoms with Crippen LogP contribution < -0.4 is 10.1 Å². The van der Waals surface area contributed by atoms with Crippen molar-refractivity contribution >= 4 is 29.4 Å². The van der Waals surface area contributed by atoms with E-state index in [0.717, 1.165) is 12.1 Å². The van der Waals surface area contributed by atoms with Gasteiger partial charge in [-0.15, -0.1) is 0 Å². The molecule has 1 rings (SSSR count). The maximum Gasteiger partial charge on any atom is 0.326 e. The van der Waals surface area contributed by atoms with Crippen molar-refractivity contribution in [3.63, 3.8) is 0 Å². The minimum atomic E-state index is -1.57. The zero-order chi connectivity index (χ0) is 16.0. The van der Waals surface area contributed by atoms with E-state index < -0.39 is 42.7 Å². The second kappa shape index (κ2) is 7.44. The van der Waals surface area contributed by atoms with Crippen LogP contribution in [-0.4, -0.2) is 40.7 Å². The first-order valence-electron chi connectivity index (χ1n) is 5.61. The van der Waals surface area contributed by atoms with Crippen LogP contribution in [0, 0.1) is 5.82 Å². The Bertz CT molecular complexity index is 565. The minimum absolute atomic E-state index is 0.0401. The van der Waals surface area contributed by atoms with Crippen LogP contribution in [0.3, 0.4) is 0 Å². The molecular weight excluding hydrogens is 309 g/mol. The molecule has 0 saturated heterocycles. The Morgan fingerprint density at radius 1 is 1.33 bits per heavy atom. The average molecular weight is 320 g/mol. The highest BCUT2D eigenvalue weighted by molar-refractivity contribution is 6.32. The molecule has 1 aromatic carbocycles. The number of carbonyl (C=O) groups is 3. The van der Waals surface area contributed by atoms with Gasteiger partial charge in [0.1, 0.15) is 17.6 Å². The Labute approximate surface area is 123 Å². The van der Waals surface area contributed by atoms with Crippen LogP contribution >= 0.6 is 11.6 Å². The number of carboxylic acid groups (broad SMARTS) is 2. The van der Waals surface area contributed by atoms with Gasteiger partial charge in [-0.1, -0.05) is 11.6 Å². The first kappa shape index (κ1) is 16.7. The standard InChI is InChI=1S/C12H11ClFNO6/c13-7-3-6(14)1-2-9(7)21-5-10(16)15-8(12(19)20)4-11(17)18/h1-3,8H,4-5H2,(H,15,16)(H,17,18)(H,19,20). The first-order valence-corrected chi connectivity index (χ1v) is 5.99. The summed E-state index contributed by atoms with van der Waals surface area (Å²) in [5.74, 6) is -4.23. The van der Waals surface area contributed by atoms with Gasteiger partial charge in [0.25, 0.3) is 5.91 Å². The number of hydrogen-bond donors (Lipinski definition) is 3. The van der Waals surface area contributed by atoms with Crippen LogP contribution in [0.25, 0.3) is 0 Å². The number of carboxylic acids is 2. The number of carbonyl (C=O) groups excluding carboxylic acids is 1. The van der Waals surface area contributed by atoms with E-state index in [1.807, 2.05) is 5.32 Å². The molecule has 1 aromatic rings. The van der Waals surface area contributed by atoms with Crippen LogP contribution in [0.5, 0.6) is 5.75 Å². The molecule has 1 amide bonds.